The number of hydrogen-bond donors (Lipinski definition) is 1. The monoisotopic (exact) mass is 465 g/mol. The van der Waals surface area contributed by atoms with Gasteiger partial charge in [-0.3, -0.25) is 4.79 Å². The number of rotatable bonds is 9. The minimum absolute atomic E-state index is 0.0247. The standard InChI is InChI=1S/C26H28FN3O2S/c1-19-13-14-33-24(19)17-29(16-21-7-9-22(27)10-8-21)25(31)18-30(23-11-12-23)26(32)28-15-20-5-3-2-4-6-20/h2-10,13-14,23H,11-12,15-18H2,1H3,(H,28,32). The van der Waals surface area contributed by atoms with E-state index in [4.69, 9.17) is 0 Å². The van der Waals surface area contributed by atoms with Crippen molar-refractivity contribution in [3.8, 4) is 0 Å². The van der Waals surface area contributed by atoms with Crippen LogP contribution in [0.5, 0.6) is 0 Å². The van der Waals surface area contributed by atoms with Crippen LogP contribution in [0.15, 0.2) is 66.0 Å². The number of thiophene rings is 1. The van der Waals surface area contributed by atoms with Crippen molar-refractivity contribution in [2.45, 2.75) is 45.4 Å². The fourth-order valence-corrected chi connectivity index (χ4v) is 4.58. The number of nitrogens with one attached hydrogen (secondary N) is 1. The summed E-state index contributed by atoms with van der Waals surface area (Å²) in [6.45, 7) is 3.30. The van der Waals surface area contributed by atoms with Crippen LogP contribution in [-0.2, 0) is 24.4 Å². The zero-order valence-corrected chi connectivity index (χ0v) is 19.5. The van der Waals surface area contributed by atoms with E-state index in [0.717, 1.165) is 34.4 Å². The van der Waals surface area contributed by atoms with Gasteiger partial charge in [0.05, 0.1) is 6.54 Å². The lowest BCUT2D eigenvalue weighted by molar-refractivity contribution is -0.133. The quantitative estimate of drug-likeness (QED) is 0.478. The highest BCUT2D eigenvalue weighted by atomic mass is 32.1. The van der Waals surface area contributed by atoms with Crippen molar-refractivity contribution >= 4 is 23.3 Å². The van der Waals surface area contributed by atoms with Crippen molar-refractivity contribution < 1.29 is 14.0 Å². The molecule has 0 bridgehead atoms. The van der Waals surface area contributed by atoms with E-state index in [0.29, 0.717) is 19.6 Å². The van der Waals surface area contributed by atoms with Crippen LogP contribution in [-0.4, -0.2) is 34.3 Å². The molecule has 1 heterocycles. The molecule has 1 N–H and O–H groups in total. The Hall–Kier alpha value is -3.19. The Kier molecular flexibility index (Phi) is 7.40. The molecule has 1 saturated carbocycles. The number of carbonyl (C=O) groups excluding carboxylic acids is 2. The highest BCUT2D eigenvalue weighted by molar-refractivity contribution is 7.10. The summed E-state index contributed by atoms with van der Waals surface area (Å²) in [5.41, 5.74) is 3.00. The Morgan fingerprint density at radius 2 is 1.73 bits per heavy atom. The van der Waals surface area contributed by atoms with Gasteiger partial charge in [0.15, 0.2) is 0 Å². The predicted molar refractivity (Wildman–Crippen MR) is 128 cm³/mol. The molecule has 3 aromatic rings. The summed E-state index contributed by atoms with van der Waals surface area (Å²) in [5, 5.41) is 4.96. The van der Waals surface area contributed by atoms with Crippen LogP contribution in [0.4, 0.5) is 9.18 Å². The van der Waals surface area contributed by atoms with E-state index in [2.05, 4.69) is 5.32 Å². The minimum atomic E-state index is -0.305. The van der Waals surface area contributed by atoms with Gasteiger partial charge in [-0.2, -0.15) is 0 Å². The third-order valence-electron chi connectivity index (χ3n) is 5.78. The smallest absolute Gasteiger partial charge is 0.318 e. The summed E-state index contributed by atoms with van der Waals surface area (Å²) in [7, 11) is 0. The maximum atomic E-state index is 13.4. The van der Waals surface area contributed by atoms with Gasteiger partial charge in [-0.25, -0.2) is 9.18 Å². The minimum Gasteiger partial charge on any atom is -0.334 e. The van der Waals surface area contributed by atoms with Gasteiger partial charge >= 0.3 is 6.03 Å². The summed E-state index contributed by atoms with van der Waals surface area (Å²) in [5.74, 6) is -0.422. The van der Waals surface area contributed by atoms with Crippen molar-refractivity contribution in [1.29, 1.82) is 0 Å². The van der Waals surface area contributed by atoms with Crippen LogP contribution in [0.3, 0.4) is 0 Å². The molecule has 7 heteroatoms. The number of amides is 3. The molecule has 0 atom stereocenters. The Labute approximate surface area is 197 Å². The largest absolute Gasteiger partial charge is 0.334 e. The molecule has 0 spiro atoms. The van der Waals surface area contributed by atoms with Gasteiger partial charge in [0.2, 0.25) is 5.91 Å². The molecule has 1 aromatic heterocycles. The normalized spacial score (nSPS) is 12.9. The van der Waals surface area contributed by atoms with E-state index in [9.17, 15) is 14.0 Å². The third-order valence-corrected chi connectivity index (χ3v) is 6.79. The molecule has 1 aliphatic carbocycles. The van der Waals surface area contributed by atoms with Crippen LogP contribution < -0.4 is 5.32 Å². The third kappa shape index (κ3) is 6.42. The molecular formula is C26H28FN3O2S. The highest BCUT2D eigenvalue weighted by Gasteiger charge is 2.35. The number of hydrogen-bond acceptors (Lipinski definition) is 3. The lowest BCUT2D eigenvalue weighted by Gasteiger charge is -2.28. The summed E-state index contributed by atoms with van der Waals surface area (Å²) < 4.78 is 13.4. The second-order valence-electron chi connectivity index (χ2n) is 8.41. The first-order valence-corrected chi connectivity index (χ1v) is 12.0. The number of nitrogens with zero attached hydrogens (tertiary/aromatic N) is 2. The van der Waals surface area contributed by atoms with Crippen LogP contribution in [0, 0.1) is 12.7 Å². The Balaban J connectivity index is 1.45. The Bertz CT molecular complexity index is 1080. The summed E-state index contributed by atoms with van der Waals surface area (Å²) >= 11 is 1.61. The molecule has 0 aliphatic heterocycles. The van der Waals surface area contributed by atoms with Crippen molar-refractivity contribution in [3.63, 3.8) is 0 Å². The fraction of sp³-hybridized carbons (Fsp3) is 0.308. The lowest BCUT2D eigenvalue weighted by atomic mass is 10.2. The SMILES string of the molecule is Cc1ccsc1CN(Cc1ccc(F)cc1)C(=O)CN(C(=O)NCc1ccccc1)C1CC1. The van der Waals surface area contributed by atoms with Gasteiger partial charge < -0.3 is 15.1 Å². The average Bonchev–Trinajstić information content (AvgIpc) is 3.59. The first kappa shape index (κ1) is 23.0. The van der Waals surface area contributed by atoms with Crippen molar-refractivity contribution in [2.75, 3.05) is 6.54 Å². The maximum Gasteiger partial charge on any atom is 0.318 e. The zero-order valence-electron chi connectivity index (χ0n) is 18.7. The van der Waals surface area contributed by atoms with Crippen LogP contribution >= 0.6 is 11.3 Å². The number of halogens is 1. The van der Waals surface area contributed by atoms with Gasteiger partial charge in [-0.15, -0.1) is 11.3 Å². The lowest BCUT2D eigenvalue weighted by Crippen LogP contribution is -2.47. The average molecular weight is 466 g/mol. The molecule has 33 heavy (non-hydrogen) atoms. The molecule has 0 radical (unpaired) electrons. The number of benzene rings is 2. The van der Waals surface area contributed by atoms with Gasteiger partial charge in [-0.05, 0) is 60.0 Å². The number of urea groups is 1. The molecule has 4 rings (SSSR count). The molecule has 5 nitrogen and oxygen atoms in total. The van der Waals surface area contributed by atoms with Crippen molar-refractivity contribution in [2.24, 2.45) is 0 Å². The van der Waals surface area contributed by atoms with Crippen LogP contribution in [0.2, 0.25) is 0 Å². The van der Waals surface area contributed by atoms with Gasteiger partial charge in [-0.1, -0.05) is 42.5 Å². The second-order valence-corrected chi connectivity index (χ2v) is 9.41. The van der Waals surface area contributed by atoms with E-state index in [-0.39, 0.29) is 30.3 Å². The first-order valence-electron chi connectivity index (χ1n) is 11.1. The number of aryl methyl sites for hydroxylation is 1. The van der Waals surface area contributed by atoms with Gasteiger partial charge in [0.1, 0.15) is 12.4 Å². The zero-order chi connectivity index (χ0) is 23.2. The summed E-state index contributed by atoms with van der Waals surface area (Å²) in [6, 6.07) is 17.8. The van der Waals surface area contributed by atoms with Gasteiger partial charge in [0.25, 0.3) is 0 Å². The summed E-state index contributed by atoms with van der Waals surface area (Å²) in [4.78, 5) is 30.9. The molecule has 1 aliphatic rings. The predicted octanol–water partition coefficient (Wildman–Crippen LogP) is 5.10. The van der Waals surface area contributed by atoms with E-state index >= 15 is 0 Å². The Morgan fingerprint density at radius 3 is 2.36 bits per heavy atom. The first-order chi connectivity index (χ1) is 16.0. The van der Waals surface area contributed by atoms with Crippen molar-refractivity contribution in [3.05, 3.63) is 93.4 Å². The van der Waals surface area contributed by atoms with E-state index in [1.807, 2.05) is 48.7 Å². The molecule has 0 unspecified atom stereocenters. The summed E-state index contributed by atoms with van der Waals surface area (Å²) in [6.07, 6.45) is 1.82. The fourth-order valence-electron chi connectivity index (χ4n) is 3.66. The van der Waals surface area contributed by atoms with Crippen LogP contribution in [0.1, 0.15) is 34.4 Å². The van der Waals surface area contributed by atoms with Crippen molar-refractivity contribution in [1.82, 2.24) is 15.1 Å². The van der Waals surface area contributed by atoms with Crippen LogP contribution in [0.25, 0.3) is 0 Å². The topological polar surface area (TPSA) is 52.7 Å². The molecule has 0 saturated heterocycles. The van der Waals surface area contributed by atoms with E-state index in [1.54, 1.807) is 33.3 Å². The number of carbonyl (C=O) groups is 2. The van der Waals surface area contributed by atoms with Gasteiger partial charge in [0, 0.05) is 24.0 Å². The van der Waals surface area contributed by atoms with E-state index in [1.165, 1.54) is 12.1 Å². The molecule has 2 aromatic carbocycles. The molecule has 172 valence electrons. The molecule has 1 fully saturated rings. The maximum absolute atomic E-state index is 13.4. The second kappa shape index (κ2) is 10.6. The highest BCUT2D eigenvalue weighted by Crippen LogP contribution is 2.27. The molecule has 3 amide bonds. The van der Waals surface area contributed by atoms with E-state index < -0.39 is 0 Å². The Morgan fingerprint density at radius 1 is 1.00 bits per heavy atom. The molecular weight excluding hydrogens is 437 g/mol.